The highest BCUT2D eigenvalue weighted by Crippen LogP contribution is 2.33. The van der Waals surface area contributed by atoms with Crippen molar-refractivity contribution in [3.63, 3.8) is 0 Å². The van der Waals surface area contributed by atoms with Crippen LogP contribution < -0.4 is 5.43 Å². The van der Waals surface area contributed by atoms with E-state index in [1.165, 1.54) is 83.1 Å². The molecule has 6 heteroatoms. The molecule has 1 heterocycles. The van der Waals surface area contributed by atoms with Crippen molar-refractivity contribution >= 4 is 28.7 Å². The summed E-state index contributed by atoms with van der Waals surface area (Å²) in [6, 6.07) is 6.50. The van der Waals surface area contributed by atoms with Crippen LogP contribution in [0.4, 0.5) is 0 Å². The minimum Gasteiger partial charge on any atom is -0.463 e. The van der Waals surface area contributed by atoms with Crippen LogP contribution in [-0.2, 0) is 4.74 Å². The van der Waals surface area contributed by atoms with Gasteiger partial charge < -0.3 is 14.3 Å². The van der Waals surface area contributed by atoms with Gasteiger partial charge in [-0.25, -0.2) is 4.79 Å². The van der Waals surface area contributed by atoms with Crippen LogP contribution in [0.15, 0.2) is 49.4 Å². The van der Waals surface area contributed by atoms with Crippen molar-refractivity contribution in [3.05, 3.63) is 51.2 Å². The number of allylic oxidation sites excluding steroid dienone is 1. The molecule has 0 aliphatic rings. The number of aliphatic hydroxyl groups is 1. The number of unbranched alkanes of at least 4 members (excludes halogenated alkanes) is 12. The summed E-state index contributed by atoms with van der Waals surface area (Å²) >= 11 is 1.50. The summed E-state index contributed by atoms with van der Waals surface area (Å²) in [5.74, 6) is -0.794. The number of esters is 1. The smallest absolute Gasteiger partial charge is 0.374 e. The largest absolute Gasteiger partial charge is 0.463 e. The number of rotatable bonds is 19. The standard InChI is InChI=1S/C31H46O5S/c1-4-6-8-9-10-11-12-13-14-15-16-17-19-30(26(32)18-7-5-2)37-24-20-21-25-27(33)23-29(31(34)35-3)36-28(25)22-24/h19-23,26,32H,4-18H2,1-3H3/t26-/m0/s1. The number of benzene rings is 1. The summed E-state index contributed by atoms with van der Waals surface area (Å²) in [7, 11) is 1.25. The number of hydrogen-bond acceptors (Lipinski definition) is 6. The molecule has 0 radical (unpaired) electrons. The van der Waals surface area contributed by atoms with Gasteiger partial charge in [-0.3, -0.25) is 4.79 Å². The lowest BCUT2D eigenvalue weighted by Crippen LogP contribution is -2.09. The highest BCUT2D eigenvalue weighted by Gasteiger charge is 2.15. The van der Waals surface area contributed by atoms with Gasteiger partial charge in [-0.1, -0.05) is 109 Å². The van der Waals surface area contributed by atoms with Crippen LogP contribution in [0.2, 0.25) is 0 Å². The first-order valence-electron chi connectivity index (χ1n) is 14.2. The van der Waals surface area contributed by atoms with Crippen LogP contribution >= 0.6 is 11.8 Å². The Morgan fingerprint density at radius 1 is 0.946 bits per heavy atom. The van der Waals surface area contributed by atoms with Gasteiger partial charge in [0.05, 0.1) is 18.6 Å². The quantitative estimate of drug-likeness (QED) is 0.111. The fourth-order valence-electron chi connectivity index (χ4n) is 4.37. The minimum absolute atomic E-state index is 0.114. The number of thioether (sulfide) groups is 1. The Balaban J connectivity index is 1.94. The Labute approximate surface area is 227 Å². The van der Waals surface area contributed by atoms with E-state index in [4.69, 9.17) is 9.15 Å². The molecular weight excluding hydrogens is 484 g/mol. The van der Waals surface area contributed by atoms with Crippen LogP contribution in [0, 0.1) is 0 Å². The van der Waals surface area contributed by atoms with Crippen LogP contribution in [0.5, 0.6) is 0 Å². The summed E-state index contributed by atoms with van der Waals surface area (Å²) in [6.45, 7) is 4.38. The number of methoxy groups -OCH3 is 1. The lowest BCUT2D eigenvalue weighted by Gasteiger charge is -2.15. The molecular formula is C31H46O5S. The second kappa shape index (κ2) is 18.2. The highest BCUT2D eigenvalue weighted by molar-refractivity contribution is 8.03. The molecule has 1 aromatic heterocycles. The lowest BCUT2D eigenvalue weighted by molar-refractivity contribution is 0.0565. The number of hydrogen-bond donors (Lipinski definition) is 1. The number of aliphatic hydroxyl groups excluding tert-OH is 1. The molecule has 0 unspecified atom stereocenters. The summed E-state index contributed by atoms with van der Waals surface area (Å²) < 4.78 is 10.3. The monoisotopic (exact) mass is 530 g/mol. The average molecular weight is 531 g/mol. The van der Waals surface area contributed by atoms with E-state index in [0.717, 1.165) is 48.0 Å². The predicted molar refractivity (Wildman–Crippen MR) is 154 cm³/mol. The van der Waals surface area contributed by atoms with Crippen molar-refractivity contribution in [3.8, 4) is 0 Å². The summed E-state index contributed by atoms with van der Waals surface area (Å²) in [5.41, 5.74) is 0.0547. The van der Waals surface area contributed by atoms with Gasteiger partial charge in [0.2, 0.25) is 5.76 Å². The molecule has 0 saturated carbocycles. The Kier molecular flexibility index (Phi) is 15.4. The topological polar surface area (TPSA) is 76.7 Å². The van der Waals surface area contributed by atoms with Gasteiger partial charge in [-0.05, 0) is 37.5 Å². The average Bonchev–Trinajstić information content (AvgIpc) is 2.90. The first-order valence-corrected chi connectivity index (χ1v) is 15.0. The Morgan fingerprint density at radius 2 is 1.57 bits per heavy atom. The zero-order valence-electron chi connectivity index (χ0n) is 23.1. The van der Waals surface area contributed by atoms with Gasteiger partial charge in [-0.2, -0.15) is 0 Å². The van der Waals surface area contributed by atoms with Gasteiger partial charge in [0.15, 0.2) is 5.43 Å². The van der Waals surface area contributed by atoms with Gasteiger partial charge in [0, 0.05) is 15.9 Å². The first kappa shape index (κ1) is 31.2. The van der Waals surface area contributed by atoms with Gasteiger partial charge in [0.1, 0.15) is 5.58 Å². The Morgan fingerprint density at radius 3 is 2.19 bits per heavy atom. The number of carbonyl (C=O) groups excluding carboxylic acids is 1. The molecule has 1 N–H and O–H groups in total. The molecule has 1 atom stereocenters. The van der Waals surface area contributed by atoms with Gasteiger partial charge in [-0.15, -0.1) is 0 Å². The zero-order valence-corrected chi connectivity index (χ0v) is 23.9. The molecule has 37 heavy (non-hydrogen) atoms. The lowest BCUT2D eigenvalue weighted by atomic mass is 10.0. The first-order chi connectivity index (χ1) is 18.0. The zero-order chi connectivity index (χ0) is 26.9. The second-order valence-corrected chi connectivity index (χ2v) is 11.0. The van der Waals surface area contributed by atoms with E-state index in [2.05, 4.69) is 19.9 Å². The molecule has 206 valence electrons. The van der Waals surface area contributed by atoms with E-state index in [-0.39, 0.29) is 11.2 Å². The normalized spacial score (nSPS) is 12.7. The maximum absolute atomic E-state index is 12.4. The second-order valence-electron chi connectivity index (χ2n) is 9.82. The number of ether oxygens (including phenoxy) is 1. The van der Waals surface area contributed by atoms with Crippen molar-refractivity contribution in [2.75, 3.05) is 7.11 Å². The Hall–Kier alpha value is -2.05. The molecule has 0 bridgehead atoms. The summed E-state index contributed by atoms with van der Waals surface area (Å²) in [5, 5.41) is 11.3. The molecule has 2 rings (SSSR count). The van der Waals surface area contributed by atoms with Crippen LogP contribution in [-0.4, -0.2) is 24.3 Å². The molecule has 0 fully saturated rings. The molecule has 0 spiro atoms. The third kappa shape index (κ3) is 11.5. The highest BCUT2D eigenvalue weighted by atomic mass is 32.2. The molecule has 0 aliphatic carbocycles. The maximum Gasteiger partial charge on any atom is 0.374 e. The third-order valence-electron chi connectivity index (χ3n) is 6.64. The van der Waals surface area contributed by atoms with Crippen LogP contribution in [0.1, 0.15) is 121 Å². The molecule has 1 aromatic carbocycles. The number of fused-ring (bicyclic) bond motifs is 1. The summed E-state index contributed by atoms with van der Waals surface area (Å²) in [6.07, 6.45) is 19.8. The van der Waals surface area contributed by atoms with Crippen molar-refractivity contribution in [1.82, 2.24) is 0 Å². The van der Waals surface area contributed by atoms with Crippen molar-refractivity contribution in [1.29, 1.82) is 0 Å². The summed E-state index contributed by atoms with van der Waals surface area (Å²) in [4.78, 5) is 26.0. The SMILES string of the molecule is CCCCCCCCCCCCCC=C(Sc1ccc2c(=O)cc(C(=O)OC)oc2c1)[C@@H](O)CCCC. The van der Waals surface area contributed by atoms with Crippen LogP contribution in [0.25, 0.3) is 11.0 Å². The predicted octanol–water partition coefficient (Wildman–Crippen LogP) is 8.81. The van der Waals surface area contributed by atoms with E-state index < -0.39 is 12.1 Å². The molecule has 5 nitrogen and oxygen atoms in total. The van der Waals surface area contributed by atoms with E-state index in [1.54, 1.807) is 12.1 Å². The van der Waals surface area contributed by atoms with Crippen molar-refractivity contribution < 1.29 is 19.1 Å². The van der Waals surface area contributed by atoms with E-state index in [9.17, 15) is 14.7 Å². The van der Waals surface area contributed by atoms with E-state index in [0.29, 0.717) is 11.0 Å². The third-order valence-corrected chi connectivity index (χ3v) is 7.80. The number of carbonyl (C=O) groups is 1. The fourth-order valence-corrected chi connectivity index (χ4v) is 5.40. The fraction of sp³-hybridized carbons (Fsp3) is 0.613. The van der Waals surface area contributed by atoms with Crippen LogP contribution in [0.3, 0.4) is 0 Å². The molecule has 0 aliphatic heterocycles. The van der Waals surface area contributed by atoms with E-state index >= 15 is 0 Å². The maximum atomic E-state index is 12.4. The van der Waals surface area contributed by atoms with E-state index in [1.807, 2.05) is 6.07 Å². The Bertz CT molecular complexity index is 1030. The molecule has 2 aromatic rings. The molecule has 0 amide bonds. The van der Waals surface area contributed by atoms with Gasteiger partial charge in [0.25, 0.3) is 0 Å². The van der Waals surface area contributed by atoms with Crippen molar-refractivity contribution in [2.24, 2.45) is 0 Å². The molecule has 0 saturated heterocycles. The van der Waals surface area contributed by atoms with Crippen molar-refractivity contribution in [2.45, 2.75) is 121 Å². The minimum atomic E-state index is -0.681. The van der Waals surface area contributed by atoms with Gasteiger partial charge >= 0.3 is 5.97 Å².